The first kappa shape index (κ1) is 10.6. The first-order chi connectivity index (χ1) is 8.70. The summed E-state index contributed by atoms with van der Waals surface area (Å²) in [5.41, 5.74) is 4.01. The molecular weight excluding hydrogens is 220 g/mol. The second kappa shape index (κ2) is 3.36. The summed E-state index contributed by atoms with van der Waals surface area (Å²) in [7, 11) is 0. The highest BCUT2D eigenvalue weighted by atomic mass is 16.5. The molecule has 1 fully saturated rings. The van der Waals surface area contributed by atoms with Crippen molar-refractivity contribution in [2.75, 3.05) is 0 Å². The summed E-state index contributed by atoms with van der Waals surface area (Å²) in [6.45, 7) is 4.50. The van der Waals surface area contributed by atoms with Crippen LogP contribution in [0, 0.1) is 11.8 Å². The van der Waals surface area contributed by atoms with Crippen molar-refractivity contribution >= 4 is 5.57 Å². The molecule has 1 aromatic rings. The predicted molar refractivity (Wildman–Crippen MR) is 73.1 cm³/mol. The van der Waals surface area contributed by atoms with Gasteiger partial charge in [-0.05, 0) is 37.0 Å². The zero-order valence-corrected chi connectivity index (χ0v) is 10.9. The molecule has 0 saturated carbocycles. The molecule has 1 aromatic carbocycles. The molecule has 0 N–H and O–H groups in total. The van der Waals surface area contributed by atoms with Crippen LogP contribution < -0.4 is 0 Å². The topological polar surface area (TPSA) is 9.23 Å². The largest absolute Gasteiger partial charge is 0.362 e. The molecule has 1 nitrogen and oxygen atoms in total. The van der Waals surface area contributed by atoms with Gasteiger partial charge < -0.3 is 4.74 Å². The van der Waals surface area contributed by atoms with Crippen LogP contribution in [0.5, 0.6) is 0 Å². The number of fused-ring (bicyclic) bond motifs is 5. The van der Waals surface area contributed by atoms with E-state index in [0.717, 1.165) is 6.42 Å². The van der Waals surface area contributed by atoms with Crippen molar-refractivity contribution in [1.29, 1.82) is 0 Å². The average Bonchev–Trinajstić information content (AvgIpc) is 2.91. The monoisotopic (exact) mass is 238 g/mol. The molecule has 0 bridgehead atoms. The van der Waals surface area contributed by atoms with Crippen LogP contribution >= 0.6 is 0 Å². The van der Waals surface area contributed by atoms with E-state index >= 15 is 0 Å². The van der Waals surface area contributed by atoms with Crippen LogP contribution in [0.15, 0.2) is 42.5 Å². The zero-order chi connectivity index (χ0) is 12.3. The van der Waals surface area contributed by atoms with Gasteiger partial charge in [0, 0.05) is 11.8 Å². The number of hydrogen-bond donors (Lipinski definition) is 0. The van der Waals surface area contributed by atoms with E-state index in [-0.39, 0.29) is 5.60 Å². The Labute approximate surface area is 108 Å². The molecule has 92 valence electrons. The molecule has 0 aromatic heterocycles. The molecule has 4 atom stereocenters. The Hall–Kier alpha value is -1.34. The smallest absolute Gasteiger partial charge is 0.0983 e. The Morgan fingerprint density at radius 3 is 3.00 bits per heavy atom. The normalized spacial score (nSPS) is 40.1. The van der Waals surface area contributed by atoms with Crippen molar-refractivity contribution in [3.63, 3.8) is 0 Å². The van der Waals surface area contributed by atoms with E-state index in [1.165, 1.54) is 16.7 Å². The van der Waals surface area contributed by atoms with E-state index in [2.05, 4.69) is 56.3 Å². The lowest BCUT2D eigenvalue weighted by Crippen LogP contribution is -2.33. The van der Waals surface area contributed by atoms with E-state index in [1.54, 1.807) is 0 Å². The van der Waals surface area contributed by atoms with Gasteiger partial charge in [0.05, 0.1) is 11.7 Å². The van der Waals surface area contributed by atoms with E-state index in [1.807, 2.05) is 0 Å². The van der Waals surface area contributed by atoms with Crippen LogP contribution in [0.2, 0.25) is 0 Å². The minimum absolute atomic E-state index is 0.129. The molecule has 2 aliphatic carbocycles. The van der Waals surface area contributed by atoms with Gasteiger partial charge in [0.1, 0.15) is 0 Å². The molecule has 1 saturated heterocycles. The number of ether oxygens (including phenoxy) is 1. The Bertz CT molecular complexity index is 569. The van der Waals surface area contributed by atoms with Gasteiger partial charge in [0.15, 0.2) is 0 Å². The van der Waals surface area contributed by atoms with Gasteiger partial charge in [-0.15, -0.1) is 0 Å². The van der Waals surface area contributed by atoms with Gasteiger partial charge in [-0.3, -0.25) is 0 Å². The maximum atomic E-state index is 6.42. The third kappa shape index (κ3) is 1.16. The summed E-state index contributed by atoms with van der Waals surface area (Å²) in [6.07, 6.45) is 8.45. The van der Waals surface area contributed by atoms with Gasteiger partial charge >= 0.3 is 0 Å². The quantitative estimate of drug-likeness (QED) is 0.623. The summed E-state index contributed by atoms with van der Waals surface area (Å²) < 4.78 is 6.42. The van der Waals surface area contributed by atoms with E-state index < -0.39 is 0 Å². The second-order valence-corrected chi connectivity index (χ2v) is 5.94. The Morgan fingerprint density at radius 1 is 1.28 bits per heavy atom. The van der Waals surface area contributed by atoms with Crippen LogP contribution in [0.1, 0.15) is 31.4 Å². The number of allylic oxidation sites excluding steroid dienone is 2. The molecule has 1 heterocycles. The molecule has 18 heavy (non-hydrogen) atoms. The highest BCUT2D eigenvalue weighted by Crippen LogP contribution is 2.55. The van der Waals surface area contributed by atoms with Gasteiger partial charge in [0.2, 0.25) is 0 Å². The molecule has 1 aliphatic heterocycles. The SMILES string of the molecule is CC1=C[C@@H]2[C@@H]3CC=C[C@@H]3O[C@]2(C)c2ccccc21. The molecule has 0 amide bonds. The molecule has 0 radical (unpaired) electrons. The summed E-state index contributed by atoms with van der Waals surface area (Å²) in [4.78, 5) is 0. The standard InChI is InChI=1S/C17H18O/c1-11-10-15-13-7-5-9-16(13)18-17(15,2)14-8-4-3-6-12(11)14/h3-6,8-10,13,15-16H,7H2,1-2H3/t13-,15+,16-,17+/m0/s1. The summed E-state index contributed by atoms with van der Waals surface area (Å²) >= 11 is 0. The van der Waals surface area contributed by atoms with Crippen LogP contribution in [0.25, 0.3) is 5.57 Å². The zero-order valence-electron chi connectivity index (χ0n) is 10.9. The van der Waals surface area contributed by atoms with Gasteiger partial charge in [-0.1, -0.05) is 42.5 Å². The maximum Gasteiger partial charge on any atom is 0.0983 e. The summed E-state index contributed by atoms with van der Waals surface area (Å²) in [5.74, 6) is 1.16. The minimum atomic E-state index is -0.129. The van der Waals surface area contributed by atoms with Crippen LogP contribution in [-0.4, -0.2) is 6.10 Å². The average molecular weight is 238 g/mol. The lowest BCUT2D eigenvalue weighted by Gasteiger charge is -2.37. The van der Waals surface area contributed by atoms with Gasteiger partial charge in [-0.2, -0.15) is 0 Å². The van der Waals surface area contributed by atoms with Crippen molar-refractivity contribution in [3.8, 4) is 0 Å². The Balaban J connectivity index is 1.92. The van der Waals surface area contributed by atoms with Crippen LogP contribution in [0.3, 0.4) is 0 Å². The third-order valence-corrected chi connectivity index (χ3v) is 4.95. The van der Waals surface area contributed by atoms with Crippen molar-refractivity contribution in [3.05, 3.63) is 53.6 Å². The third-order valence-electron chi connectivity index (χ3n) is 4.95. The fourth-order valence-electron chi connectivity index (χ4n) is 4.04. The van der Waals surface area contributed by atoms with Crippen LogP contribution in [0.4, 0.5) is 0 Å². The summed E-state index contributed by atoms with van der Waals surface area (Å²) in [6, 6.07) is 8.71. The number of hydrogen-bond acceptors (Lipinski definition) is 1. The van der Waals surface area contributed by atoms with E-state index in [9.17, 15) is 0 Å². The Kier molecular flexibility index (Phi) is 1.97. The van der Waals surface area contributed by atoms with Crippen molar-refractivity contribution in [2.24, 2.45) is 11.8 Å². The molecule has 0 unspecified atom stereocenters. The van der Waals surface area contributed by atoms with Gasteiger partial charge in [-0.25, -0.2) is 0 Å². The fourth-order valence-corrected chi connectivity index (χ4v) is 4.04. The van der Waals surface area contributed by atoms with E-state index in [4.69, 9.17) is 4.74 Å². The lowest BCUT2D eigenvalue weighted by molar-refractivity contribution is -0.0275. The van der Waals surface area contributed by atoms with E-state index in [0.29, 0.717) is 17.9 Å². The van der Waals surface area contributed by atoms with Gasteiger partial charge in [0.25, 0.3) is 0 Å². The lowest BCUT2D eigenvalue weighted by atomic mass is 9.70. The molecule has 1 heteroatoms. The summed E-state index contributed by atoms with van der Waals surface area (Å²) in [5, 5.41) is 0. The minimum Gasteiger partial charge on any atom is -0.362 e. The fraction of sp³-hybridized carbons (Fsp3) is 0.412. The predicted octanol–water partition coefficient (Wildman–Crippen LogP) is 3.91. The molecule has 0 spiro atoms. The number of rotatable bonds is 0. The van der Waals surface area contributed by atoms with Crippen molar-refractivity contribution < 1.29 is 4.74 Å². The van der Waals surface area contributed by atoms with Crippen LogP contribution in [-0.2, 0) is 10.3 Å². The molecule has 4 rings (SSSR count). The maximum absolute atomic E-state index is 6.42. The second-order valence-electron chi connectivity index (χ2n) is 5.94. The van der Waals surface area contributed by atoms with Crippen molar-refractivity contribution in [1.82, 2.24) is 0 Å². The Morgan fingerprint density at radius 2 is 2.11 bits per heavy atom. The number of benzene rings is 1. The highest BCUT2D eigenvalue weighted by molar-refractivity contribution is 5.71. The first-order valence-electron chi connectivity index (χ1n) is 6.83. The first-order valence-corrected chi connectivity index (χ1v) is 6.83. The molecular formula is C17H18O. The highest BCUT2D eigenvalue weighted by Gasteiger charge is 2.53. The molecule has 3 aliphatic rings. The van der Waals surface area contributed by atoms with Crippen molar-refractivity contribution in [2.45, 2.75) is 32.0 Å².